The first kappa shape index (κ1) is 15.7. The van der Waals surface area contributed by atoms with Crippen molar-refractivity contribution in [2.75, 3.05) is 19.7 Å². The molecule has 2 fully saturated rings. The minimum absolute atomic E-state index is 0.0191. The van der Waals surface area contributed by atoms with Crippen molar-refractivity contribution < 1.29 is 13.2 Å². The number of benzene rings is 1. The molecule has 1 aromatic carbocycles. The number of nitrogens with zero attached hydrogens (tertiary/aromatic N) is 2. The second-order valence-corrected chi connectivity index (χ2v) is 8.73. The van der Waals surface area contributed by atoms with Gasteiger partial charge in [-0.3, -0.25) is 4.98 Å². The van der Waals surface area contributed by atoms with Crippen LogP contribution in [0.25, 0.3) is 0 Å². The van der Waals surface area contributed by atoms with Gasteiger partial charge in [-0.15, -0.1) is 0 Å². The molecule has 0 saturated carbocycles. The second-order valence-electron chi connectivity index (χ2n) is 6.79. The molecule has 1 atom stereocenters. The topological polar surface area (TPSA) is 59.5 Å². The first-order valence-electron chi connectivity index (χ1n) is 8.13. The van der Waals surface area contributed by atoms with Gasteiger partial charge in [-0.25, -0.2) is 8.42 Å². The molecule has 0 amide bonds. The number of ether oxygens (including phenoxy) is 1. The summed E-state index contributed by atoms with van der Waals surface area (Å²) in [5.41, 5.74) is 1.14. The Morgan fingerprint density at radius 1 is 1.17 bits per heavy atom. The van der Waals surface area contributed by atoms with Crippen LogP contribution < -0.4 is 0 Å². The maximum Gasteiger partial charge on any atom is 0.243 e. The monoisotopic (exact) mass is 344 g/mol. The van der Waals surface area contributed by atoms with Gasteiger partial charge in [0, 0.05) is 37.3 Å². The van der Waals surface area contributed by atoms with Crippen molar-refractivity contribution in [2.24, 2.45) is 5.41 Å². The van der Waals surface area contributed by atoms with Gasteiger partial charge >= 0.3 is 0 Å². The van der Waals surface area contributed by atoms with Crippen LogP contribution in [0.1, 0.15) is 12.0 Å². The van der Waals surface area contributed by atoms with Gasteiger partial charge in [-0.2, -0.15) is 4.31 Å². The van der Waals surface area contributed by atoms with Gasteiger partial charge in [0.2, 0.25) is 10.0 Å². The molecule has 1 spiro atoms. The Labute approximate surface area is 142 Å². The molecule has 0 N–H and O–H groups in total. The van der Waals surface area contributed by atoms with Gasteiger partial charge in [0.25, 0.3) is 0 Å². The van der Waals surface area contributed by atoms with E-state index < -0.39 is 10.0 Å². The fourth-order valence-electron chi connectivity index (χ4n) is 3.64. The van der Waals surface area contributed by atoms with Crippen molar-refractivity contribution in [2.45, 2.75) is 23.8 Å². The lowest BCUT2D eigenvalue weighted by Crippen LogP contribution is -2.58. The van der Waals surface area contributed by atoms with Crippen LogP contribution in [0.15, 0.2) is 59.8 Å². The average Bonchev–Trinajstić information content (AvgIpc) is 3.00. The van der Waals surface area contributed by atoms with E-state index in [2.05, 4.69) is 4.98 Å². The molecule has 24 heavy (non-hydrogen) atoms. The van der Waals surface area contributed by atoms with Crippen LogP contribution in [0.2, 0.25) is 0 Å². The molecule has 3 heterocycles. The third-order valence-electron chi connectivity index (χ3n) is 4.88. The van der Waals surface area contributed by atoms with Crippen molar-refractivity contribution in [3.8, 4) is 0 Å². The Balaban J connectivity index is 1.39. The minimum Gasteiger partial charge on any atom is -0.377 e. The molecule has 0 bridgehead atoms. The number of rotatable bonds is 4. The molecule has 2 aromatic rings. The van der Waals surface area contributed by atoms with E-state index in [1.54, 1.807) is 34.8 Å². The Morgan fingerprint density at radius 3 is 2.67 bits per heavy atom. The number of aromatic nitrogens is 1. The summed E-state index contributed by atoms with van der Waals surface area (Å²) in [6.45, 7) is 1.74. The first-order valence-corrected chi connectivity index (χ1v) is 9.57. The van der Waals surface area contributed by atoms with E-state index in [0.717, 1.165) is 18.4 Å². The van der Waals surface area contributed by atoms with E-state index >= 15 is 0 Å². The van der Waals surface area contributed by atoms with Gasteiger partial charge in [0.05, 0.1) is 17.6 Å². The molecule has 1 unspecified atom stereocenters. The lowest BCUT2D eigenvalue weighted by atomic mass is 9.79. The highest BCUT2D eigenvalue weighted by atomic mass is 32.2. The molecule has 2 saturated heterocycles. The van der Waals surface area contributed by atoms with Gasteiger partial charge in [-0.05, 0) is 30.2 Å². The first-order chi connectivity index (χ1) is 11.6. The molecule has 2 aliphatic rings. The molecule has 2 aliphatic heterocycles. The molecule has 4 rings (SSSR count). The SMILES string of the molecule is O=S(=O)(c1ccccc1)N1CC2(COC(Cc3cccnc3)C2)C1. The maximum absolute atomic E-state index is 12.6. The predicted molar refractivity (Wildman–Crippen MR) is 89.9 cm³/mol. The molecular formula is C18H20N2O3S. The van der Waals surface area contributed by atoms with Crippen molar-refractivity contribution in [1.82, 2.24) is 9.29 Å². The Kier molecular flexibility index (Phi) is 3.90. The number of pyridine rings is 1. The highest BCUT2D eigenvalue weighted by Gasteiger charge is 2.52. The quantitative estimate of drug-likeness (QED) is 0.852. The van der Waals surface area contributed by atoms with Crippen molar-refractivity contribution >= 4 is 10.0 Å². The molecule has 126 valence electrons. The fraction of sp³-hybridized carbons (Fsp3) is 0.389. The van der Waals surface area contributed by atoms with Crippen LogP contribution in [-0.2, 0) is 21.2 Å². The van der Waals surface area contributed by atoms with Crippen LogP contribution in [-0.4, -0.2) is 43.5 Å². The normalized spacial score (nSPS) is 23.2. The van der Waals surface area contributed by atoms with Crippen molar-refractivity contribution in [3.05, 3.63) is 60.4 Å². The largest absolute Gasteiger partial charge is 0.377 e. The van der Waals surface area contributed by atoms with Gasteiger partial charge < -0.3 is 4.74 Å². The summed E-state index contributed by atoms with van der Waals surface area (Å²) in [7, 11) is -3.37. The summed E-state index contributed by atoms with van der Waals surface area (Å²) in [4.78, 5) is 4.50. The lowest BCUT2D eigenvalue weighted by Gasteiger charge is -2.46. The van der Waals surface area contributed by atoms with Crippen LogP contribution in [0.4, 0.5) is 0 Å². The zero-order valence-electron chi connectivity index (χ0n) is 13.3. The number of hydrogen-bond acceptors (Lipinski definition) is 4. The van der Waals surface area contributed by atoms with Crippen LogP contribution in [0, 0.1) is 5.41 Å². The van der Waals surface area contributed by atoms with Gasteiger partial charge in [0.1, 0.15) is 0 Å². The number of hydrogen-bond donors (Lipinski definition) is 0. The van der Waals surface area contributed by atoms with E-state index in [1.807, 2.05) is 24.4 Å². The van der Waals surface area contributed by atoms with E-state index in [0.29, 0.717) is 24.6 Å². The molecular weight excluding hydrogens is 324 g/mol. The van der Waals surface area contributed by atoms with Gasteiger partial charge in [0.15, 0.2) is 0 Å². The van der Waals surface area contributed by atoms with Crippen LogP contribution in [0.5, 0.6) is 0 Å². The summed E-state index contributed by atoms with van der Waals surface area (Å²) < 4.78 is 32.7. The van der Waals surface area contributed by atoms with E-state index in [4.69, 9.17) is 4.74 Å². The fourth-order valence-corrected chi connectivity index (χ4v) is 5.33. The third kappa shape index (κ3) is 2.85. The Bertz CT molecular complexity index is 803. The van der Waals surface area contributed by atoms with Gasteiger partial charge in [-0.1, -0.05) is 24.3 Å². The summed E-state index contributed by atoms with van der Waals surface area (Å²) in [5.74, 6) is 0. The van der Waals surface area contributed by atoms with E-state index in [-0.39, 0.29) is 11.5 Å². The van der Waals surface area contributed by atoms with Crippen molar-refractivity contribution in [1.29, 1.82) is 0 Å². The zero-order valence-corrected chi connectivity index (χ0v) is 14.2. The van der Waals surface area contributed by atoms with Crippen molar-refractivity contribution in [3.63, 3.8) is 0 Å². The summed E-state index contributed by atoms with van der Waals surface area (Å²) >= 11 is 0. The van der Waals surface area contributed by atoms with E-state index in [9.17, 15) is 8.42 Å². The number of sulfonamides is 1. The second kappa shape index (κ2) is 5.95. The Morgan fingerprint density at radius 2 is 1.96 bits per heavy atom. The van der Waals surface area contributed by atoms with Crippen LogP contribution >= 0.6 is 0 Å². The minimum atomic E-state index is -3.37. The molecule has 6 heteroatoms. The van der Waals surface area contributed by atoms with E-state index in [1.165, 1.54) is 0 Å². The van der Waals surface area contributed by atoms with Crippen LogP contribution in [0.3, 0.4) is 0 Å². The summed E-state index contributed by atoms with van der Waals surface area (Å²) in [6.07, 6.45) is 5.51. The highest BCUT2D eigenvalue weighted by Crippen LogP contribution is 2.44. The summed E-state index contributed by atoms with van der Waals surface area (Å²) in [6, 6.07) is 12.6. The highest BCUT2D eigenvalue weighted by molar-refractivity contribution is 7.89. The molecule has 0 radical (unpaired) electrons. The standard InChI is InChI=1S/C18H20N2O3S/c21-24(22,17-6-2-1-3-7-17)20-12-18(13-20)10-16(23-14-18)9-15-5-4-8-19-11-15/h1-8,11,16H,9-10,12-14H2. The predicted octanol–water partition coefficient (Wildman–Crippen LogP) is 2.10. The molecule has 5 nitrogen and oxygen atoms in total. The smallest absolute Gasteiger partial charge is 0.243 e. The average molecular weight is 344 g/mol. The lowest BCUT2D eigenvalue weighted by molar-refractivity contribution is 0.0422. The zero-order chi connectivity index (χ0) is 16.6. The maximum atomic E-state index is 12.6. The third-order valence-corrected chi connectivity index (χ3v) is 6.68. The molecule has 0 aliphatic carbocycles. The molecule has 1 aromatic heterocycles. The Hall–Kier alpha value is -1.76. The summed E-state index contributed by atoms with van der Waals surface area (Å²) in [5, 5.41) is 0.